The zero-order valence-corrected chi connectivity index (χ0v) is 10.3. The molecule has 80 valence electrons. The summed E-state index contributed by atoms with van der Waals surface area (Å²) in [5.41, 5.74) is 0. The Bertz CT molecular complexity index is 388. The van der Waals surface area contributed by atoms with Crippen LogP contribution < -0.4 is 4.72 Å². The van der Waals surface area contributed by atoms with Gasteiger partial charge in [0, 0.05) is 17.3 Å². The Labute approximate surface area is 97.1 Å². The highest BCUT2D eigenvalue weighted by molar-refractivity contribution is 7.89. The normalized spacial score (nSPS) is 11.9. The zero-order chi connectivity index (χ0) is 10.6. The minimum atomic E-state index is -3.24. The van der Waals surface area contributed by atoms with Crippen molar-refractivity contribution in [2.24, 2.45) is 0 Å². The van der Waals surface area contributed by atoms with E-state index < -0.39 is 10.0 Å². The number of sulfonamides is 1. The highest BCUT2D eigenvalue weighted by Gasteiger charge is 2.09. The molecular weight excluding hydrogens is 265 g/mol. The van der Waals surface area contributed by atoms with Crippen molar-refractivity contribution < 1.29 is 8.42 Å². The fourth-order valence-electron chi connectivity index (χ4n) is 0.802. The Hall–Kier alpha value is 0.190. The molecule has 0 amide bonds. The maximum atomic E-state index is 11.2. The first-order valence-corrected chi connectivity index (χ1v) is 7.19. The van der Waals surface area contributed by atoms with Gasteiger partial charge in [0.15, 0.2) is 0 Å². The molecule has 0 unspecified atom stereocenters. The van der Waals surface area contributed by atoms with Crippen LogP contribution in [0.25, 0.3) is 0 Å². The molecule has 1 N–H and O–H groups in total. The smallest absolute Gasteiger partial charge is 0.212 e. The van der Waals surface area contributed by atoms with Gasteiger partial charge in [0.2, 0.25) is 10.0 Å². The molecule has 1 aromatic heterocycles. The third-order valence-electron chi connectivity index (χ3n) is 1.44. The second-order valence-corrected chi connectivity index (χ2v) is 6.64. The summed E-state index contributed by atoms with van der Waals surface area (Å²) in [6, 6.07) is 3.52. The highest BCUT2D eigenvalue weighted by atomic mass is 35.5. The summed E-state index contributed by atoms with van der Waals surface area (Å²) in [6.45, 7) is 0.274. The summed E-state index contributed by atoms with van der Waals surface area (Å²) in [6.07, 6.45) is 0. The predicted octanol–water partition coefficient (Wildman–Crippen LogP) is 2.06. The topological polar surface area (TPSA) is 46.2 Å². The van der Waals surface area contributed by atoms with E-state index in [1.807, 2.05) is 0 Å². The van der Waals surface area contributed by atoms with E-state index in [1.54, 1.807) is 12.1 Å². The number of halogens is 2. The van der Waals surface area contributed by atoms with Crippen molar-refractivity contribution in [2.75, 3.05) is 11.6 Å². The third-order valence-corrected chi connectivity index (χ3v) is 4.41. The number of alkyl halides is 1. The van der Waals surface area contributed by atoms with Crippen LogP contribution in [0.3, 0.4) is 0 Å². The molecule has 0 spiro atoms. The van der Waals surface area contributed by atoms with Gasteiger partial charge < -0.3 is 0 Å². The highest BCUT2D eigenvalue weighted by Crippen LogP contribution is 2.21. The van der Waals surface area contributed by atoms with Crippen LogP contribution in [0.2, 0.25) is 4.34 Å². The summed E-state index contributed by atoms with van der Waals surface area (Å²) in [5.74, 6) is 0.0359. The van der Waals surface area contributed by atoms with Gasteiger partial charge in [-0.15, -0.1) is 22.9 Å². The molecule has 0 aliphatic rings. The van der Waals surface area contributed by atoms with Gasteiger partial charge in [-0.25, -0.2) is 13.1 Å². The van der Waals surface area contributed by atoms with Crippen LogP contribution in [-0.2, 0) is 16.6 Å². The van der Waals surface area contributed by atoms with Gasteiger partial charge in [-0.2, -0.15) is 0 Å². The van der Waals surface area contributed by atoms with E-state index in [0.717, 1.165) is 4.88 Å². The van der Waals surface area contributed by atoms with Crippen LogP contribution in [0, 0.1) is 0 Å². The number of hydrogen-bond acceptors (Lipinski definition) is 3. The molecule has 0 bridgehead atoms. The molecule has 1 rings (SSSR count). The monoisotopic (exact) mass is 273 g/mol. The van der Waals surface area contributed by atoms with Gasteiger partial charge in [0.05, 0.1) is 10.1 Å². The predicted molar refractivity (Wildman–Crippen MR) is 60.7 cm³/mol. The Kier molecular flexibility index (Phi) is 4.66. The lowest BCUT2D eigenvalue weighted by atomic mass is 10.5. The lowest BCUT2D eigenvalue weighted by molar-refractivity contribution is 0.583. The van der Waals surface area contributed by atoms with Crippen molar-refractivity contribution >= 4 is 44.6 Å². The van der Waals surface area contributed by atoms with Crippen LogP contribution in [0.1, 0.15) is 4.88 Å². The molecule has 0 aromatic carbocycles. The van der Waals surface area contributed by atoms with Crippen molar-refractivity contribution in [2.45, 2.75) is 6.54 Å². The Morgan fingerprint density at radius 1 is 1.43 bits per heavy atom. The molecule has 0 aliphatic carbocycles. The van der Waals surface area contributed by atoms with Crippen LogP contribution >= 0.6 is 34.5 Å². The number of hydrogen-bond donors (Lipinski definition) is 1. The molecule has 0 fully saturated rings. The van der Waals surface area contributed by atoms with Crippen LogP contribution in [-0.4, -0.2) is 20.1 Å². The van der Waals surface area contributed by atoms with Crippen LogP contribution in [0.15, 0.2) is 12.1 Å². The van der Waals surface area contributed by atoms with Gasteiger partial charge in [0.25, 0.3) is 0 Å². The first kappa shape index (κ1) is 12.3. The molecule has 0 atom stereocenters. The lowest BCUT2D eigenvalue weighted by Crippen LogP contribution is -2.26. The molecule has 7 heteroatoms. The van der Waals surface area contributed by atoms with E-state index in [2.05, 4.69) is 4.72 Å². The Balaban J connectivity index is 2.48. The quantitative estimate of drug-likeness (QED) is 0.835. The molecule has 14 heavy (non-hydrogen) atoms. The number of thiophene rings is 1. The second-order valence-electron chi connectivity index (χ2n) is 2.53. The Morgan fingerprint density at radius 2 is 2.14 bits per heavy atom. The van der Waals surface area contributed by atoms with Gasteiger partial charge in [-0.3, -0.25) is 0 Å². The van der Waals surface area contributed by atoms with Gasteiger partial charge in [0.1, 0.15) is 0 Å². The van der Waals surface area contributed by atoms with Crippen molar-refractivity contribution in [1.29, 1.82) is 0 Å². The molecule has 1 aromatic rings. The van der Waals surface area contributed by atoms with Crippen LogP contribution in [0.4, 0.5) is 0 Å². The number of rotatable bonds is 5. The molecule has 0 saturated heterocycles. The van der Waals surface area contributed by atoms with E-state index in [1.165, 1.54) is 11.3 Å². The van der Waals surface area contributed by atoms with Gasteiger partial charge in [-0.05, 0) is 12.1 Å². The van der Waals surface area contributed by atoms with E-state index in [0.29, 0.717) is 4.34 Å². The summed E-state index contributed by atoms with van der Waals surface area (Å²) >= 11 is 12.4. The second kappa shape index (κ2) is 5.32. The minimum absolute atomic E-state index is 0.0618. The SMILES string of the molecule is O=S(=O)(CCCl)NCc1ccc(Cl)s1. The van der Waals surface area contributed by atoms with Crippen LogP contribution in [0.5, 0.6) is 0 Å². The average Bonchev–Trinajstić information content (AvgIpc) is 2.48. The zero-order valence-electron chi connectivity index (χ0n) is 7.16. The molecule has 0 aliphatic heterocycles. The summed E-state index contributed by atoms with van der Waals surface area (Å²) in [5, 5.41) is 0. The minimum Gasteiger partial charge on any atom is -0.212 e. The third kappa shape index (κ3) is 4.14. The summed E-state index contributed by atoms with van der Waals surface area (Å²) < 4.78 is 25.5. The Morgan fingerprint density at radius 3 is 2.64 bits per heavy atom. The van der Waals surface area contributed by atoms with Gasteiger partial charge >= 0.3 is 0 Å². The summed E-state index contributed by atoms with van der Waals surface area (Å²) in [7, 11) is -3.24. The van der Waals surface area contributed by atoms with Crippen molar-refractivity contribution in [3.63, 3.8) is 0 Å². The fraction of sp³-hybridized carbons (Fsp3) is 0.429. The van der Waals surface area contributed by atoms with E-state index >= 15 is 0 Å². The van der Waals surface area contributed by atoms with E-state index in [4.69, 9.17) is 23.2 Å². The van der Waals surface area contributed by atoms with E-state index in [-0.39, 0.29) is 18.2 Å². The van der Waals surface area contributed by atoms with Crippen molar-refractivity contribution in [3.05, 3.63) is 21.3 Å². The molecule has 0 radical (unpaired) electrons. The maximum Gasteiger partial charge on any atom is 0.213 e. The lowest BCUT2D eigenvalue weighted by Gasteiger charge is -2.02. The molecule has 0 saturated carbocycles. The van der Waals surface area contributed by atoms with Gasteiger partial charge in [-0.1, -0.05) is 11.6 Å². The van der Waals surface area contributed by atoms with Crippen molar-refractivity contribution in [1.82, 2.24) is 4.72 Å². The van der Waals surface area contributed by atoms with E-state index in [9.17, 15) is 8.42 Å². The van der Waals surface area contributed by atoms with Crippen molar-refractivity contribution in [3.8, 4) is 0 Å². The molecule has 1 heterocycles. The number of nitrogens with one attached hydrogen (secondary N) is 1. The molecular formula is C7H9Cl2NO2S2. The standard InChI is InChI=1S/C7H9Cl2NO2S2/c8-3-4-14(11,12)10-5-6-1-2-7(9)13-6/h1-2,10H,3-5H2. The first-order valence-electron chi connectivity index (χ1n) is 3.81. The first-order chi connectivity index (χ1) is 6.53. The summed E-state index contributed by atoms with van der Waals surface area (Å²) in [4.78, 5) is 0.883. The fourth-order valence-corrected chi connectivity index (χ4v) is 3.25. The maximum absolute atomic E-state index is 11.2. The molecule has 3 nitrogen and oxygen atoms in total. The average molecular weight is 274 g/mol. The largest absolute Gasteiger partial charge is 0.213 e.